The summed E-state index contributed by atoms with van der Waals surface area (Å²) >= 11 is 12.3. The smallest absolute Gasteiger partial charge is 0.323 e. The second kappa shape index (κ2) is 7.75. The number of urea groups is 1. The van der Waals surface area contributed by atoms with E-state index < -0.39 is 0 Å². The third-order valence-electron chi connectivity index (χ3n) is 3.64. The van der Waals surface area contributed by atoms with Gasteiger partial charge in [-0.3, -0.25) is 0 Å². The molecule has 1 heterocycles. The molecular formula is C17H17Cl2N3O2. The molecule has 0 unspecified atom stereocenters. The van der Waals surface area contributed by atoms with Gasteiger partial charge in [0.1, 0.15) is 0 Å². The molecule has 0 atom stereocenters. The van der Waals surface area contributed by atoms with Crippen LogP contribution in [0.3, 0.4) is 0 Å². The van der Waals surface area contributed by atoms with Crippen molar-refractivity contribution in [2.75, 3.05) is 41.8 Å². The Balaban J connectivity index is 1.64. The van der Waals surface area contributed by atoms with Crippen molar-refractivity contribution < 1.29 is 9.53 Å². The summed E-state index contributed by atoms with van der Waals surface area (Å²) < 4.78 is 5.34. The Morgan fingerprint density at radius 2 is 1.71 bits per heavy atom. The maximum absolute atomic E-state index is 12.1. The fourth-order valence-electron chi connectivity index (χ4n) is 2.51. The number of ether oxygens (including phenoxy) is 1. The lowest BCUT2D eigenvalue weighted by Gasteiger charge is -2.29. The summed E-state index contributed by atoms with van der Waals surface area (Å²) in [4.78, 5) is 14.2. The Morgan fingerprint density at radius 3 is 2.38 bits per heavy atom. The average molecular weight is 366 g/mol. The van der Waals surface area contributed by atoms with Gasteiger partial charge in [-0.25, -0.2) is 4.79 Å². The molecule has 24 heavy (non-hydrogen) atoms. The molecule has 0 spiro atoms. The Morgan fingerprint density at radius 1 is 1.00 bits per heavy atom. The number of rotatable bonds is 3. The van der Waals surface area contributed by atoms with Crippen LogP contribution >= 0.6 is 23.2 Å². The van der Waals surface area contributed by atoms with Crippen LogP contribution in [0.15, 0.2) is 42.5 Å². The molecule has 0 saturated carbocycles. The molecule has 0 radical (unpaired) electrons. The minimum atomic E-state index is -0.354. The Hall–Kier alpha value is -1.95. The van der Waals surface area contributed by atoms with Gasteiger partial charge in [0.2, 0.25) is 0 Å². The zero-order valence-electron chi connectivity index (χ0n) is 12.9. The molecule has 1 fully saturated rings. The fourth-order valence-corrected chi connectivity index (χ4v) is 3.00. The third kappa shape index (κ3) is 4.32. The van der Waals surface area contributed by atoms with Crippen molar-refractivity contribution in [2.45, 2.75) is 0 Å². The molecule has 2 N–H and O–H groups in total. The molecular weight excluding hydrogens is 349 g/mol. The lowest BCUT2D eigenvalue weighted by atomic mass is 10.2. The number of nitrogens with one attached hydrogen (secondary N) is 2. The molecule has 5 nitrogen and oxygen atoms in total. The molecule has 1 aliphatic heterocycles. The van der Waals surface area contributed by atoms with Gasteiger partial charge in [-0.15, -0.1) is 0 Å². The number of amides is 2. The standard InChI is InChI=1S/C17H17Cl2N3O2/c18-12-2-1-3-13(10-12)20-17(23)21-14-4-5-16(15(19)11-14)22-6-8-24-9-7-22/h1-5,10-11H,6-9H2,(H2,20,21,23). The maximum atomic E-state index is 12.1. The first-order valence-electron chi connectivity index (χ1n) is 7.57. The van der Waals surface area contributed by atoms with Gasteiger partial charge >= 0.3 is 6.03 Å². The number of morpholine rings is 1. The van der Waals surface area contributed by atoms with Crippen LogP contribution in [-0.2, 0) is 4.74 Å². The number of benzene rings is 2. The molecule has 3 rings (SSSR count). The van der Waals surface area contributed by atoms with Crippen molar-refractivity contribution in [2.24, 2.45) is 0 Å². The number of halogens is 2. The largest absolute Gasteiger partial charge is 0.378 e. The van der Waals surface area contributed by atoms with E-state index in [4.69, 9.17) is 27.9 Å². The van der Waals surface area contributed by atoms with E-state index in [0.717, 1.165) is 18.8 Å². The highest BCUT2D eigenvalue weighted by atomic mass is 35.5. The minimum absolute atomic E-state index is 0.354. The van der Waals surface area contributed by atoms with Gasteiger partial charge in [0.25, 0.3) is 0 Å². The first-order chi connectivity index (χ1) is 11.6. The molecule has 7 heteroatoms. The van der Waals surface area contributed by atoms with Crippen LogP contribution in [-0.4, -0.2) is 32.3 Å². The first kappa shape index (κ1) is 16.9. The Bertz CT molecular complexity index is 734. The minimum Gasteiger partial charge on any atom is -0.378 e. The van der Waals surface area contributed by atoms with Crippen molar-refractivity contribution in [3.63, 3.8) is 0 Å². The van der Waals surface area contributed by atoms with Crippen LogP contribution < -0.4 is 15.5 Å². The summed E-state index contributed by atoms with van der Waals surface area (Å²) in [5, 5.41) is 6.64. The quantitative estimate of drug-likeness (QED) is 0.843. The van der Waals surface area contributed by atoms with Crippen LogP contribution in [0, 0.1) is 0 Å². The van der Waals surface area contributed by atoms with Crippen LogP contribution in [0.1, 0.15) is 0 Å². The lowest BCUT2D eigenvalue weighted by Crippen LogP contribution is -2.36. The Labute approximate surface area is 150 Å². The molecule has 0 aromatic heterocycles. The van der Waals surface area contributed by atoms with Gasteiger partial charge in [-0.1, -0.05) is 29.3 Å². The number of nitrogens with zero attached hydrogens (tertiary/aromatic N) is 1. The number of hydrogen-bond donors (Lipinski definition) is 2. The summed E-state index contributed by atoms with van der Waals surface area (Å²) in [7, 11) is 0. The van der Waals surface area contributed by atoms with E-state index in [1.54, 1.807) is 30.3 Å². The van der Waals surface area contributed by atoms with Gasteiger partial charge in [-0.2, -0.15) is 0 Å². The van der Waals surface area contributed by atoms with E-state index in [9.17, 15) is 4.79 Å². The summed E-state index contributed by atoms with van der Waals surface area (Å²) in [6, 6.07) is 12.1. The fraction of sp³-hybridized carbons (Fsp3) is 0.235. The van der Waals surface area contributed by atoms with E-state index in [0.29, 0.717) is 34.6 Å². The Kier molecular flexibility index (Phi) is 5.45. The zero-order valence-corrected chi connectivity index (χ0v) is 14.4. The SMILES string of the molecule is O=C(Nc1cccc(Cl)c1)Nc1ccc(N2CCOCC2)c(Cl)c1. The van der Waals surface area contributed by atoms with Crippen molar-refractivity contribution >= 4 is 46.3 Å². The second-order valence-electron chi connectivity index (χ2n) is 5.36. The van der Waals surface area contributed by atoms with Gasteiger partial charge in [0.05, 0.1) is 23.9 Å². The van der Waals surface area contributed by atoms with Crippen molar-refractivity contribution in [1.29, 1.82) is 0 Å². The second-order valence-corrected chi connectivity index (χ2v) is 6.20. The highest BCUT2D eigenvalue weighted by Crippen LogP contribution is 2.29. The molecule has 1 saturated heterocycles. The van der Waals surface area contributed by atoms with E-state index in [1.165, 1.54) is 0 Å². The molecule has 2 aromatic rings. The molecule has 2 amide bonds. The van der Waals surface area contributed by atoms with E-state index in [2.05, 4.69) is 15.5 Å². The van der Waals surface area contributed by atoms with E-state index in [-0.39, 0.29) is 6.03 Å². The van der Waals surface area contributed by atoms with E-state index >= 15 is 0 Å². The number of anilines is 3. The lowest BCUT2D eigenvalue weighted by molar-refractivity contribution is 0.122. The molecule has 1 aliphatic rings. The topological polar surface area (TPSA) is 53.6 Å². The molecule has 0 aliphatic carbocycles. The highest BCUT2D eigenvalue weighted by molar-refractivity contribution is 6.33. The molecule has 0 bridgehead atoms. The monoisotopic (exact) mass is 365 g/mol. The van der Waals surface area contributed by atoms with Crippen molar-refractivity contribution in [3.8, 4) is 0 Å². The zero-order chi connectivity index (χ0) is 16.9. The van der Waals surface area contributed by atoms with Gasteiger partial charge in [0.15, 0.2) is 0 Å². The highest BCUT2D eigenvalue weighted by Gasteiger charge is 2.14. The van der Waals surface area contributed by atoms with E-state index in [1.807, 2.05) is 12.1 Å². The van der Waals surface area contributed by atoms with Crippen LogP contribution in [0.5, 0.6) is 0 Å². The van der Waals surface area contributed by atoms with Crippen LogP contribution in [0.25, 0.3) is 0 Å². The average Bonchev–Trinajstić information content (AvgIpc) is 2.55. The predicted molar refractivity (Wildman–Crippen MR) is 98.6 cm³/mol. The normalized spacial score (nSPS) is 14.3. The summed E-state index contributed by atoms with van der Waals surface area (Å²) in [6.45, 7) is 3.00. The number of hydrogen-bond acceptors (Lipinski definition) is 3. The van der Waals surface area contributed by atoms with Crippen molar-refractivity contribution in [3.05, 3.63) is 52.5 Å². The summed E-state index contributed by atoms with van der Waals surface area (Å²) in [6.07, 6.45) is 0. The van der Waals surface area contributed by atoms with Crippen LogP contribution in [0.4, 0.5) is 21.9 Å². The van der Waals surface area contributed by atoms with Gasteiger partial charge in [-0.05, 0) is 36.4 Å². The van der Waals surface area contributed by atoms with Gasteiger partial charge < -0.3 is 20.3 Å². The van der Waals surface area contributed by atoms with Crippen LogP contribution in [0.2, 0.25) is 10.0 Å². The van der Waals surface area contributed by atoms with Gasteiger partial charge in [0, 0.05) is 29.5 Å². The molecule has 2 aromatic carbocycles. The van der Waals surface area contributed by atoms with Crippen molar-refractivity contribution in [1.82, 2.24) is 0 Å². The summed E-state index contributed by atoms with van der Waals surface area (Å²) in [5.41, 5.74) is 2.19. The number of carbonyl (C=O) groups excluding carboxylic acids is 1. The maximum Gasteiger partial charge on any atom is 0.323 e. The molecule has 126 valence electrons. The predicted octanol–water partition coefficient (Wildman–Crippen LogP) is 4.47. The first-order valence-corrected chi connectivity index (χ1v) is 8.33. The summed E-state index contributed by atoms with van der Waals surface area (Å²) in [5.74, 6) is 0. The third-order valence-corrected chi connectivity index (χ3v) is 4.18. The number of carbonyl (C=O) groups is 1.